The maximum atomic E-state index is 13.0. The van der Waals surface area contributed by atoms with Gasteiger partial charge in [0, 0.05) is 48.1 Å². The number of carbonyl (C=O) groups excluding carboxylic acids is 2. The highest BCUT2D eigenvalue weighted by Gasteiger charge is 2.31. The second-order valence-corrected chi connectivity index (χ2v) is 9.53. The van der Waals surface area contributed by atoms with Crippen LogP contribution in [0.15, 0.2) is 24.3 Å². The molecule has 2 amide bonds. The molecular weight excluding hydrogens is 395 g/mol. The molecule has 31 heavy (non-hydrogen) atoms. The van der Waals surface area contributed by atoms with Crippen molar-refractivity contribution in [3.05, 3.63) is 52.9 Å². The Morgan fingerprint density at radius 2 is 1.74 bits per heavy atom. The number of nitrogens with zero attached hydrogens (tertiary/aromatic N) is 3. The molecule has 0 radical (unpaired) electrons. The smallest absolute Gasteiger partial charge is 0.228 e. The number of rotatable bonds is 5. The Hall–Kier alpha value is -2.83. The van der Waals surface area contributed by atoms with Crippen molar-refractivity contribution in [1.82, 2.24) is 14.9 Å². The molecule has 2 heterocycles. The summed E-state index contributed by atoms with van der Waals surface area (Å²) in [4.78, 5) is 36.2. The first kappa shape index (κ1) is 22.8. The van der Waals surface area contributed by atoms with Crippen LogP contribution in [0.5, 0.6) is 0 Å². The van der Waals surface area contributed by atoms with Gasteiger partial charge in [-0.2, -0.15) is 0 Å². The molecule has 1 aliphatic rings. The molecular formula is C24H31FN4O2. The van der Waals surface area contributed by atoms with Crippen LogP contribution in [0, 0.1) is 25.1 Å². The molecule has 0 bridgehead atoms. The average Bonchev–Trinajstić information content (AvgIpc) is 3.15. The van der Waals surface area contributed by atoms with Gasteiger partial charge in [0.05, 0.1) is 6.42 Å². The lowest BCUT2D eigenvalue weighted by Gasteiger charge is -2.23. The molecule has 1 fully saturated rings. The highest BCUT2D eigenvalue weighted by Crippen LogP contribution is 2.29. The zero-order valence-corrected chi connectivity index (χ0v) is 19.0. The number of likely N-dealkylation sites (tertiary alicyclic amines) is 1. The Morgan fingerprint density at radius 1 is 1.13 bits per heavy atom. The second kappa shape index (κ2) is 9.12. The van der Waals surface area contributed by atoms with Gasteiger partial charge in [-0.1, -0.05) is 20.8 Å². The number of carbonyl (C=O) groups is 2. The third kappa shape index (κ3) is 6.09. The lowest BCUT2D eigenvalue weighted by Crippen LogP contribution is -2.31. The molecule has 1 saturated heterocycles. The number of halogens is 1. The Bertz CT molecular complexity index is 944. The Labute approximate surface area is 183 Å². The molecule has 0 spiro atoms. The fourth-order valence-corrected chi connectivity index (χ4v) is 3.87. The number of anilines is 1. The van der Waals surface area contributed by atoms with E-state index in [1.807, 2.05) is 18.7 Å². The number of aromatic nitrogens is 2. The van der Waals surface area contributed by atoms with E-state index in [0.717, 1.165) is 35.7 Å². The third-order valence-electron chi connectivity index (χ3n) is 5.49. The zero-order valence-electron chi connectivity index (χ0n) is 19.0. The van der Waals surface area contributed by atoms with E-state index >= 15 is 0 Å². The predicted octanol–water partition coefficient (Wildman–Crippen LogP) is 4.17. The van der Waals surface area contributed by atoms with Crippen LogP contribution < -0.4 is 5.32 Å². The van der Waals surface area contributed by atoms with Crippen LogP contribution in [0.1, 0.15) is 62.3 Å². The van der Waals surface area contributed by atoms with E-state index in [1.165, 1.54) is 24.3 Å². The third-order valence-corrected chi connectivity index (χ3v) is 5.49. The van der Waals surface area contributed by atoms with Crippen molar-refractivity contribution in [2.75, 3.05) is 18.4 Å². The molecule has 1 aromatic heterocycles. The van der Waals surface area contributed by atoms with Gasteiger partial charge < -0.3 is 10.2 Å². The van der Waals surface area contributed by atoms with Gasteiger partial charge >= 0.3 is 0 Å². The quantitative estimate of drug-likeness (QED) is 0.779. The zero-order chi connectivity index (χ0) is 22.8. The van der Waals surface area contributed by atoms with E-state index in [9.17, 15) is 14.0 Å². The largest absolute Gasteiger partial charge is 0.342 e. The van der Waals surface area contributed by atoms with Crippen LogP contribution >= 0.6 is 0 Å². The molecule has 1 N–H and O–H groups in total. The summed E-state index contributed by atoms with van der Waals surface area (Å²) in [5, 5.41) is 2.77. The van der Waals surface area contributed by atoms with Gasteiger partial charge in [-0.15, -0.1) is 0 Å². The van der Waals surface area contributed by atoms with E-state index < -0.39 is 0 Å². The molecule has 6 nitrogen and oxygen atoms in total. The lowest BCUT2D eigenvalue weighted by atomic mass is 9.92. The van der Waals surface area contributed by atoms with Crippen LogP contribution in [0.3, 0.4) is 0 Å². The molecule has 7 heteroatoms. The van der Waals surface area contributed by atoms with E-state index in [-0.39, 0.29) is 35.4 Å². The Balaban J connectivity index is 1.66. The van der Waals surface area contributed by atoms with Crippen LogP contribution in [-0.4, -0.2) is 39.8 Å². The molecule has 1 aliphatic heterocycles. The minimum Gasteiger partial charge on any atom is -0.342 e. The summed E-state index contributed by atoms with van der Waals surface area (Å²) in [6.45, 7) is 11.3. The van der Waals surface area contributed by atoms with Gasteiger partial charge in [0.15, 0.2) is 0 Å². The highest BCUT2D eigenvalue weighted by atomic mass is 19.1. The predicted molar refractivity (Wildman–Crippen MR) is 118 cm³/mol. The maximum absolute atomic E-state index is 13.0. The molecule has 1 atom stereocenters. The first-order valence-electron chi connectivity index (χ1n) is 10.7. The van der Waals surface area contributed by atoms with Gasteiger partial charge in [-0.05, 0) is 49.9 Å². The lowest BCUT2D eigenvalue weighted by molar-refractivity contribution is -0.132. The number of hydrogen-bond acceptors (Lipinski definition) is 4. The number of nitrogens with one attached hydrogen (secondary N) is 1. The molecule has 0 aliphatic carbocycles. The van der Waals surface area contributed by atoms with E-state index in [4.69, 9.17) is 0 Å². The van der Waals surface area contributed by atoms with Gasteiger partial charge in [0.1, 0.15) is 11.6 Å². The topological polar surface area (TPSA) is 75.2 Å². The van der Waals surface area contributed by atoms with Gasteiger partial charge in [-0.25, -0.2) is 14.4 Å². The fourth-order valence-electron chi connectivity index (χ4n) is 3.87. The summed E-state index contributed by atoms with van der Waals surface area (Å²) in [6.07, 6.45) is 1.52. The fraction of sp³-hybridized carbons (Fsp3) is 0.500. The van der Waals surface area contributed by atoms with Crippen LogP contribution in [-0.2, 0) is 16.0 Å². The summed E-state index contributed by atoms with van der Waals surface area (Å²) in [6, 6.07) is 5.67. The normalized spacial score (nSPS) is 16.5. The SMILES string of the molecule is Cc1nc(C2CCN(C(=O)CC(C)(C)C)C2)nc(C)c1CC(=O)Nc1ccc(F)cc1. The highest BCUT2D eigenvalue weighted by molar-refractivity contribution is 5.92. The number of amides is 2. The minimum absolute atomic E-state index is 0.0328. The molecule has 1 aromatic carbocycles. The maximum Gasteiger partial charge on any atom is 0.228 e. The van der Waals surface area contributed by atoms with Crippen LogP contribution in [0.2, 0.25) is 0 Å². The number of aryl methyl sites for hydroxylation is 2. The van der Waals surface area contributed by atoms with E-state index in [2.05, 4.69) is 36.1 Å². The molecule has 0 saturated carbocycles. The first-order chi connectivity index (χ1) is 14.5. The number of benzene rings is 1. The van der Waals surface area contributed by atoms with Crippen molar-refractivity contribution in [1.29, 1.82) is 0 Å². The average molecular weight is 427 g/mol. The van der Waals surface area contributed by atoms with Crippen LogP contribution in [0.25, 0.3) is 0 Å². The van der Waals surface area contributed by atoms with Gasteiger partial charge in [0.2, 0.25) is 11.8 Å². The summed E-state index contributed by atoms with van der Waals surface area (Å²) < 4.78 is 13.0. The van der Waals surface area contributed by atoms with Gasteiger partial charge in [-0.3, -0.25) is 9.59 Å². The molecule has 2 aromatic rings. The second-order valence-electron chi connectivity index (χ2n) is 9.53. The van der Waals surface area contributed by atoms with Crippen molar-refractivity contribution in [3.8, 4) is 0 Å². The standard InChI is InChI=1S/C24H31FN4O2/c1-15-20(12-21(30)28-19-8-6-18(25)7-9-19)16(2)27-23(26-15)17-10-11-29(14-17)22(31)13-24(3,4)5/h6-9,17H,10-14H2,1-5H3,(H,28,30). The van der Waals surface area contributed by atoms with Crippen molar-refractivity contribution < 1.29 is 14.0 Å². The van der Waals surface area contributed by atoms with Crippen molar-refractivity contribution >= 4 is 17.5 Å². The number of hydrogen-bond donors (Lipinski definition) is 1. The van der Waals surface area contributed by atoms with Crippen molar-refractivity contribution in [2.24, 2.45) is 5.41 Å². The van der Waals surface area contributed by atoms with Crippen LogP contribution in [0.4, 0.5) is 10.1 Å². The summed E-state index contributed by atoms with van der Waals surface area (Å²) in [5.41, 5.74) is 2.86. The van der Waals surface area contributed by atoms with Crippen molar-refractivity contribution in [2.45, 2.75) is 59.8 Å². The summed E-state index contributed by atoms with van der Waals surface area (Å²) in [7, 11) is 0. The first-order valence-corrected chi connectivity index (χ1v) is 10.7. The molecule has 1 unspecified atom stereocenters. The van der Waals surface area contributed by atoms with Gasteiger partial charge in [0.25, 0.3) is 0 Å². The minimum atomic E-state index is -0.348. The monoisotopic (exact) mass is 426 g/mol. The Morgan fingerprint density at radius 3 is 2.32 bits per heavy atom. The van der Waals surface area contributed by atoms with E-state index in [1.54, 1.807) is 0 Å². The molecule has 166 valence electrons. The molecule has 3 rings (SSSR count). The van der Waals surface area contributed by atoms with Crippen molar-refractivity contribution in [3.63, 3.8) is 0 Å². The summed E-state index contributed by atoms with van der Waals surface area (Å²) >= 11 is 0. The van der Waals surface area contributed by atoms with E-state index in [0.29, 0.717) is 18.7 Å². The summed E-state index contributed by atoms with van der Waals surface area (Å²) in [5.74, 6) is 0.484. The Kier molecular flexibility index (Phi) is 6.72.